The Bertz CT molecular complexity index is 792. The van der Waals surface area contributed by atoms with Gasteiger partial charge in [0.2, 0.25) is 5.82 Å². The van der Waals surface area contributed by atoms with Crippen LogP contribution < -0.4 is 4.90 Å². The Kier molecular flexibility index (Phi) is 2.93. The van der Waals surface area contributed by atoms with Gasteiger partial charge in [-0.3, -0.25) is 0 Å². The maximum Gasteiger partial charge on any atom is 0.373 e. The van der Waals surface area contributed by atoms with E-state index in [0.717, 1.165) is 19.4 Å². The van der Waals surface area contributed by atoms with Crippen LogP contribution in [0.2, 0.25) is 0 Å². The van der Waals surface area contributed by atoms with Gasteiger partial charge in [-0.2, -0.15) is 9.38 Å². The van der Waals surface area contributed by atoms with Gasteiger partial charge in [-0.1, -0.05) is 17.4 Å². The molecule has 0 bridgehead atoms. The molecule has 1 saturated heterocycles. The molecule has 108 valence electrons. The SMILES string of the molecule is O=[N+]([O-])c1c(N2CCCC2c2cccs2)nc2sccn12. The summed E-state index contributed by atoms with van der Waals surface area (Å²) in [7, 11) is 0. The molecule has 0 radical (unpaired) electrons. The second kappa shape index (κ2) is 4.81. The average molecular weight is 320 g/mol. The molecule has 0 amide bonds. The molecule has 4 heterocycles. The van der Waals surface area contributed by atoms with Crippen molar-refractivity contribution in [2.75, 3.05) is 11.4 Å². The summed E-state index contributed by atoms with van der Waals surface area (Å²) in [5.41, 5.74) is 0. The van der Waals surface area contributed by atoms with E-state index in [1.807, 2.05) is 16.8 Å². The Hall–Kier alpha value is -1.93. The van der Waals surface area contributed by atoms with Crippen LogP contribution in [0.5, 0.6) is 0 Å². The molecule has 4 rings (SSSR count). The summed E-state index contributed by atoms with van der Waals surface area (Å²) in [5.74, 6) is 0.581. The van der Waals surface area contributed by atoms with Crippen molar-refractivity contribution in [2.45, 2.75) is 18.9 Å². The number of anilines is 1. The molecular formula is C13H12N4O2S2. The fourth-order valence-electron chi connectivity index (χ4n) is 2.92. The molecule has 6 nitrogen and oxygen atoms in total. The first kappa shape index (κ1) is 12.8. The highest BCUT2D eigenvalue weighted by atomic mass is 32.1. The summed E-state index contributed by atoms with van der Waals surface area (Å²) >= 11 is 3.12. The summed E-state index contributed by atoms with van der Waals surface area (Å²) in [5, 5.41) is 15.3. The van der Waals surface area contributed by atoms with E-state index in [9.17, 15) is 10.1 Å². The quantitative estimate of drug-likeness (QED) is 0.545. The Labute approximate surface area is 128 Å². The van der Waals surface area contributed by atoms with E-state index in [2.05, 4.69) is 16.0 Å². The maximum atomic E-state index is 11.5. The summed E-state index contributed by atoms with van der Waals surface area (Å²) in [4.78, 5) is 19.7. The second-order valence-electron chi connectivity index (χ2n) is 4.94. The molecule has 1 atom stereocenters. The monoisotopic (exact) mass is 320 g/mol. The smallest absolute Gasteiger partial charge is 0.358 e. The van der Waals surface area contributed by atoms with Crippen LogP contribution >= 0.6 is 22.7 Å². The molecule has 0 saturated carbocycles. The minimum Gasteiger partial charge on any atom is -0.358 e. The molecule has 1 unspecified atom stereocenters. The van der Waals surface area contributed by atoms with E-state index in [4.69, 9.17) is 0 Å². The zero-order chi connectivity index (χ0) is 14.4. The average Bonchev–Trinajstić information content (AvgIpc) is 3.21. The first-order valence-electron chi connectivity index (χ1n) is 6.65. The molecule has 1 aliphatic rings. The van der Waals surface area contributed by atoms with Gasteiger partial charge in [0.1, 0.15) is 6.20 Å². The zero-order valence-corrected chi connectivity index (χ0v) is 12.6. The second-order valence-corrected chi connectivity index (χ2v) is 6.79. The number of thiazole rings is 1. The van der Waals surface area contributed by atoms with Crippen LogP contribution in [0.15, 0.2) is 29.1 Å². The number of rotatable bonds is 3. The fraction of sp³-hybridized carbons (Fsp3) is 0.308. The molecule has 1 aliphatic heterocycles. The van der Waals surface area contributed by atoms with E-state index in [0.29, 0.717) is 10.8 Å². The third-order valence-electron chi connectivity index (χ3n) is 3.79. The topological polar surface area (TPSA) is 63.7 Å². The van der Waals surface area contributed by atoms with Crippen molar-refractivity contribution in [2.24, 2.45) is 0 Å². The summed E-state index contributed by atoms with van der Waals surface area (Å²) in [6.45, 7) is 0.814. The third-order valence-corrected chi connectivity index (χ3v) is 5.52. The van der Waals surface area contributed by atoms with Gasteiger partial charge in [-0.05, 0) is 29.2 Å². The van der Waals surface area contributed by atoms with E-state index in [1.54, 1.807) is 21.9 Å². The van der Waals surface area contributed by atoms with Gasteiger partial charge in [0.25, 0.3) is 4.96 Å². The maximum absolute atomic E-state index is 11.5. The number of nitrogens with zero attached hydrogens (tertiary/aromatic N) is 4. The summed E-state index contributed by atoms with van der Waals surface area (Å²) in [6, 6.07) is 4.32. The van der Waals surface area contributed by atoms with Gasteiger partial charge < -0.3 is 15.0 Å². The first-order chi connectivity index (χ1) is 10.3. The Morgan fingerprint density at radius 2 is 2.29 bits per heavy atom. The van der Waals surface area contributed by atoms with Crippen LogP contribution in [0.25, 0.3) is 4.96 Å². The van der Waals surface area contributed by atoms with Crippen LogP contribution in [0.1, 0.15) is 23.8 Å². The number of aromatic nitrogens is 2. The lowest BCUT2D eigenvalue weighted by molar-refractivity contribution is -0.389. The van der Waals surface area contributed by atoms with Crippen LogP contribution in [0, 0.1) is 10.1 Å². The van der Waals surface area contributed by atoms with Crippen LogP contribution in [-0.2, 0) is 0 Å². The van der Waals surface area contributed by atoms with E-state index in [-0.39, 0.29) is 16.8 Å². The molecule has 3 aromatic rings. The lowest BCUT2D eigenvalue weighted by atomic mass is 10.2. The van der Waals surface area contributed by atoms with Crippen LogP contribution in [-0.4, -0.2) is 20.9 Å². The molecule has 3 aromatic heterocycles. The number of thiophene rings is 1. The van der Waals surface area contributed by atoms with Crippen molar-refractivity contribution in [1.29, 1.82) is 0 Å². The number of nitro groups is 1. The number of fused-ring (bicyclic) bond motifs is 1. The van der Waals surface area contributed by atoms with Crippen molar-refractivity contribution in [3.8, 4) is 0 Å². The Morgan fingerprint density at radius 3 is 3.05 bits per heavy atom. The van der Waals surface area contributed by atoms with Gasteiger partial charge in [0.05, 0.1) is 6.04 Å². The molecular weight excluding hydrogens is 308 g/mol. The van der Waals surface area contributed by atoms with Gasteiger partial charge in [-0.15, -0.1) is 11.3 Å². The zero-order valence-electron chi connectivity index (χ0n) is 11.0. The highest BCUT2D eigenvalue weighted by Gasteiger charge is 2.35. The Morgan fingerprint density at radius 1 is 1.38 bits per heavy atom. The van der Waals surface area contributed by atoms with Crippen molar-refractivity contribution < 1.29 is 4.92 Å². The molecule has 8 heteroatoms. The minimum absolute atomic E-state index is 0.0784. The predicted octanol–water partition coefficient (Wildman–Crippen LogP) is 3.71. The lowest BCUT2D eigenvalue weighted by Crippen LogP contribution is -2.23. The van der Waals surface area contributed by atoms with Crippen molar-refractivity contribution >= 4 is 39.3 Å². The fourth-order valence-corrected chi connectivity index (χ4v) is 4.50. The Balaban J connectivity index is 1.83. The molecule has 21 heavy (non-hydrogen) atoms. The predicted molar refractivity (Wildman–Crippen MR) is 83.4 cm³/mol. The van der Waals surface area contributed by atoms with E-state index < -0.39 is 0 Å². The van der Waals surface area contributed by atoms with Crippen LogP contribution in [0.3, 0.4) is 0 Å². The highest BCUT2D eigenvalue weighted by molar-refractivity contribution is 7.15. The van der Waals surface area contributed by atoms with Gasteiger partial charge in [-0.25, -0.2) is 0 Å². The van der Waals surface area contributed by atoms with Gasteiger partial charge in [0, 0.05) is 16.8 Å². The molecule has 0 aromatic carbocycles. The first-order valence-corrected chi connectivity index (χ1v) is 8.41. The molecule has 0 spiro atoms. The normalized spacial score (nSPS) is 18.7. The molecule has 0 aliphatic carbocycles. The summed E-state index contributed by atoms with van der Waals surface area (Å²) in [6.07, 6.45) is 3.76. The number of imidazole rings is 1. The highest BCUT2D eigenvalue weighted by Crippen LogP contribution is 2.41. The third kappa shape index (κ3) is 1.94. The van der Waals surface area contributed by atoms with E-state index >= 15 is 0 Å². The van der Waals surface area contributed by atoms with Crippen molar-refractivity contribution in [3.63, 3.8) is 0 Å². The van der Waals surface area contributed by atoms with E-state index in [1.165, 1.54) is 16.2 Å². The van der Waals surface area contributed by atoms with Gasteiger partial charge >= 0.3 is 5.82 Å². The van der Waals surface area contributed by atoms with Crippen molar-refractivity contribution in [1.82, 2.24) is 9.38 Å². The lowest BCUT2D eigenvalue weighted by Gasteiger charge is -2.22. The minimum atomic E-state index is -0.328. The van der Waals surface area contributed by atoms with Crippen LogP contribution in [0.4, 0.5) is 11.6 Å². The standard InChI is InChI=1S/C13H12N4O2S2/c18-17(19)12-11(14-13-16(12)6-8-21-13)15-5-1-3-9(15)10-4-2-7-20-10/h2,4,6-9H,1,3,5H2. The number of hydrogen-bond acceptors (Lipinski definition) is 6. The largest absolute Gasteiger partial charge is 0.373 e. The summed E-state index contributed by atoms with van der Waals surface area (Å²) < 4.78 is 1.57. The van der Waals surface area contributed by atoms with Crippen molar-refractivity contribution in [3.05, 3.63) is 44.1 Å². The van der Waals surface area contributed by atoms with Gasteiger partial charge in [0.15, 0.2) is 0 Å². The number of hydrogen-bond donors (Lipinski definition) is 0. The molecule has 1 fully saturated rings. The molecule has 0 N–H and O–H groups in total.